The highest BCUT2D eigenvalue weighted by molar-refractivity contribution is 7.68. The zero-order chi connectivity index (χ0) is 18.4. The van der Waals surface area contributed by atoms with Gasteiger partial charge in [-0.3, -0.25) is 0 Å². The van der Waals surface area contributed by atoms with E-state index in [0.717, 1.165) is 11.1 Å². The van der Waals surface area contributed by atoms with Gasteiger partial charge in [-0.25, -0.2) is 0 Å². The van der Waals surface area contributed by atoms with E-state index >= 15 is 0 Å². The topological polar surface area (TPSA) is 49.7 Å². The molecular formula is C22H25O3P. The molecule has 0 amide bonds. The fraction of sp³-hybridized carbons (Fsp3) is 0.273. The Morgan fingerprint density at radius 1 is 0.923 bits per heavy atom. The second-order valence-corrected chi connectivity index (χ2v) is 8.23. The van der Waals surface area contributed by atoms with Gasteiger partial charge in [0.25, 0.3) is 0 Å². The maximum absolute atomic E-state index is 10.2. The molecule has 0 unspecified atom stereocenters. The van der Waals surface area contributed by atoms with Crippen molar-refractivity contribution in [1.82, 2.24) is 0 Å². The summed E-state index contributed by atoms with van der Waals surface area (Å²) in [5.74, 6) is 0. The van der Waals surface area contributed by atoms with E-state index in [1.807, 2.05) is 55.5 Å². The van der Waals surface area contributed by atoms with Gasteiger partial charge in [0.1, 0.15) is 0 Å². The summed E-state index contributed by atoms with van der Waals surface area (Å²) in [6, 6.07) is 20.5. The van der Waals surface area contributed by atoms with Crippen LogP contribution in [0, 0.1) is 0 Å². The van der Waals surface area contributed by atoms with Gasteiger partial charge in [0.2, 0.25) is 0 Å². The smallest absolute Gasteiger partial charge is 0.0922 e. The van der Waals surface area contributed by atoms with E-state index < -0.39 is 20.4 Å². The minimum absolute atomic E-state index is 0.468. The number of benzene rings is 2. The highest BCUT2D eigenvalue weighted by Crippen LogP contribution is 2.35. The second-order valence-electron chi connectivity index (χ2n) is 6.35. The Labute approximate surface area is 156 Å². The first-order valence-electron chi connectivity index (χ1n) is 8.92. The van der Waals surface area contributed by atoms with Crippen LogP contribution in [0.25, 0.3) is 0 Å². The lowest BCUT2D eigenvalue weighted by molar-refractivity contribution is 0.122. The van der Waals surface area contributed by atoms with Crippen molar-refractivity contribution in [2.75, 3.05) is 6.61 Å². The maximum Gasteiger partial charge on any atom is 0.0922 e. The van der Waals surface area contributed by atoms with Crippen LogP contribution in [0.1, 0.15) is 19.8 Å². The van der Waals surface area contributed by atoms with Crippen molar-refractivity contribution in [3.05, 3.63) is 84.0 Å². The number of allylic oxidation sites excluding steroid dienone is 1. The van der Waals surface area contributed by atoms with Gasteiger partial charge in [0, 0.05) is 10.6 Å². The number of hydrogen-bond acceptors (Lipinski definition) is 3. The van der Waals surface area contributed by atoms with Crippen molar-refractivity contribution in [2.45, 2.75) is 32.0 Å². The molecular weight excluding hydrogens is 343 g/mol. The summed E-state index contributed by atoms with van der Waals surface area (Å²) in [6.07, 6.45) is 3.76. The van der Waals surface area contributed by atoms with E-state index in [2.05, 4.69) is 24.3 Å². The van der Waals surface area contributed by atoms with Gasteiger partial charge in [-0.2, -0.15) is 0 Å². The first-order valence-corrected chi connectivity index (χ1v) is 10.2. The minimum atomic E-state index is -0.893. The average molecular weight is 368 g/mol. The van der Waals surface area contributed by atoms with Gasteiger partial charge < -0.3 is 14.7 Å². The molecule has 0 spiro atoms. The maximum atomic E-state index is 10.2. The molecule has 4 heteroatoms. The van der Waals surface area contributed by atoms with Crippen LogP contribution in [0.3, 0.4) is 0 Å². The molecule has 0 heterocycles. The summed E-state index contributed by atoms with van der Waals surface area (Å²) < 4.78 is 6.25. The zero-order valence-corrected chi connectivity index (χ0v) is 15.8. The third-order valence-corrected chi connectivity index (χ3v) is 6.51. The molecule has 2 aromatic rings. The lowest BCUT2D eigenvalue weighted by Gasteiger charge is -2.28. The Kier molecular flexibility index (Phi) is 6.76. The molecule has 1 fully saturated rings. The molecule has 1 aliphatic rings. The molecule has 0 aliphatic heterocycles. The van der Waals surface area contributed by atoms with E-state index in [0.29, 0.717) is 19.4 Å². The summed E-state index contributed by atoms with van der Waals surface area (Å²) in [5.41, 5.74) is 1.77. The van der Waals surface area contributed by atoms with Crippen LogP contribution in [0.4, 0.5) is 0 Å². The number of aliphatic hydroxyl groups excluding tert-OH is 2. The molecule has 0 radical (unpaired) electrons. The molecule has 2 N–H and O–H groups in total. The van der Waals surface area contributed by atoms with Crippen LogP contribution >= 0.6 is 8.15 Å². The fourth-order valence-electron chi connectivity index (χ4n) is 3.24. The van der Waals surface area contributed by atoms with Crippen LogP contribution in [-0.2, 0) is 4.52 Å². The average Bonchev–Trinajstić information content (AvgIpc) is 2.66. The Morgan fingerprint density at radius 2 is 1.42 bits per heavy atom. The predicted octanol–water partition coefficient (Wildman–Crippen LogP) is 3.44. The molecule has 3 rings (SSSR count). The van der Waals surface area contributed by atoms with Crippen molar-refractivity contribution in [3.8, 4) is 0 Å². The normalized spacial score (nSPS) is 20.3. The molecule has 0 saturated heterocycles. The number of hydrogen-bond donors (Lipinski definition) is 2. The highest BCUT2D eigenvalue weighted by atomic mass is 31.1. The van der Waals surface area contributed by atoms with E-state index in [1.54, 1.807) is 0 Å². The molecule has 2 atom stereocenters. The molecule has 1 aliphatic carbocycles. The van der Waals surface area contributed by atoms with Crippen LogP contribution in [0.5, 0.6) is 0 Å². The standard InChI is InChI=1S/C22H25O3P/c1-2-20-21(23)15-17(16-22(20)24)13-14-25-26(18-9-5-3-6-10-18)19-11-7-4-8-12-19/h2-13,21-24H,14-16H2,1H3/t21-,22-/m1/s1. The van der Waals surface area contributed by atoms with Crippen molar-refractivity contribution < 1.29 is 14.7 Å². The first kappa shape index (κ1) is 19.0. The molecule has 26 heavy (non-hydrogen) atoms. The number of aliphatic hydroxyl groups is 2. The SMILES string of the molecule is CC=C1[C@H](O)CC(=CCOP(c2ccccc2)c2ccccc2)C[C@H]1O. The summed E-state index contributed by atoms with van der Waals surface area (Å²) in [7, 11) is -0.893. The van der Waals surface area contributed by atoms with Crippen LogP contribution in [-0.4, -0.2) is 29.0 Å². The van der Waals surface area contributed by atoms with E-state index in [9.17, 15) is 10.2 Å². The Hall–Kier alpha value is -1.77. The Morgan fingerprint density at radius 3 is 1.88 bits per heavy atom. The van der Waals surface area contributed by atoms with Gasteiger partial charge in [0.15, 0.2) is 0 Å². The summed E-state index contributed by atoms with van der Waals surface area (Å²) >= 11 is 0. The zero-order valence-electron chi connectivity index (χ0n) is 15.0. The summed E-state index contributed by atoms with van der Waals surface area (Å²) in [4.78, 5) is 0. The first-order chi connectivity index (χ1) is 12.7. The van der Waals surface area contributed by atoms with E-state index in [1.165, 1.54) is 10.6 Å². The Bertz CT molecular complexity index is 700. The van der Waals surface area contributed by atoms with Crippen LogP contribution < -0.4 is 10.6 Å². The monoisotopic (exact) mass is 368 g/mol. The molecule has 136 valence electrons. The lowest BCUT2D eigenvalue weighted by Crippen LogP contribution is -2.28. The van der Waals surface area contributed by atoms with Crippen molar-refractivity contribution in [2.24, 2.45) is 0 Å². The van der Waals surface area contributed by atoms with Crippen molar-refractivity contribution >= 4 is 18.8 Å². The molecule has 3 nitrogen and oxygen atoms in total. The van der Waals surface area contributed by atoms with Gasteiger partial charge in [-0.15, -0.1) is 0 Å². The van der Waals surface area contributed by atoms with Gasteiger partial charge >= 0.3 is 0 Å². The van der Waals surface area contributed by atoms with Gasteiger partial charge in [0.05, 0.1) is 27.0 Å². The van der Waals surface area contributed by atoms with E-state index in [4.69, 9.17) is 4.52 Å². The number of rotatable bonds is 5. The molecule has 0 bridgehead atoms. The minimum Gasteiger partial charge on any atom is -0.388 e. The van der Waals surface area contributed by atoms with Crippen LogP contribution in [0.15, 0.2) is 84.0 Å². The molecule has 1 saturated carbocycles. The molecule has 0 aromatic heterocycles. The van der Waals surface area contributed by atoms with Crippen molar-refractivity contribution in [3.63, 3.8) is 0 Å². The summed E-state index contributed by atoms with van der Waals surface area (Å²) in [6.45, 7) is 2.32. The van der Waals surface area contributed by atoms with Crippen LogP contribution in [0.2, 0.25) is 0 Å². The van der Waals surface area contributed by atoms with Gasteiger partial charge in [-0.05, 0) is 25.3 Å². The summed E-state index contributed by atoms with van der Waals surface area (Å²) in [5, 5.41) is 22.7. The second kappa shape index (κ2) is 9.25. The lowest BCUT2D eigenvalue weighted by atomic mass is 9.85. The fourth-order valence-corrected chi connectivity index (χ4v) is 4.95. The Balaban J connectivity index is 1.71. The van der Waals surface area contributed by atoms with E-state index in [-0.39, 0.29) is 0 Å². The predicted molar refractivity (Wildman–Crippen MR) is 108 cm³/mol. The third-order valence-electron chi connectivity index (χ3n) is 4.57. The highest BCUT2D eigenvalue weighted by Gasteiger charge is 2.26. The quantitative estimate of drug-likeness (QED) is 0.628. The van der Waals surface area contributed by atoms with Crippen molar-refractivity contribution in [1.29, 1.82) is 0 Å². The van der Waals surface area contributed by atoms with Gasteiger partial charge in [-0.1, -0.05) is 78.4 Å². The largest absolute Gasteiger partial charge is 0.388 e. The third kappa shape index (κ3) is 4.69. The molecule has 2 aromatic carbocycles.